The topological polar surface area (TPSA) is 48.1 Å². The maximum Gasteiger partial charge on any atom is 0.0502 e. The summed E-state index contributed by atoms with van der Waals surface area (Å²) in [7, 11) is 0. The molecule has 3 nitrogen and oxygen atoms in total. The second kappa shape index (κ2) is 4.53. The summed E-state index contributed by atoms with van der Waals surface area (Å²) >= 11 is 0. The highest BCUT2D eigenvalue weighted by Gasteiger charge is 2.26. The van der Waals surface area contributed by atoms with Crippen LogP contribution < -0.4 is 5.73 Å². The molecule has 1 saturated heterocycles. The molecular weight excluding hydrogens is 176 g/mol. The summed E-state index contributed by atoms with van der Waals surface area (Å²) in [5.74, 6) is 0.911. The van der Waals surface area contributed by atoms with Crippen molar-refractivity contribution in [3.63, 3.8) is 0 Å². The van der Waals surface area contributed by atoms with Gasteiger partial charge in [0.25, 0.3) is 0 Å². The standard InChI is InChI=1S/C11H16N2O/c12-7-10(9-4-6-14-8-9)11-3-1-2-5-13-11/h1-3,5,9-10H,4,6-8,12H2. The molecule has 1 aliphatic rings. The zero-order valence-electron chi connectivity index (χ0n) is 8.23. The Bertz CT molecular complexity index is 270. The van der Waals surface area contributed by atoms with Gasteiger partial charge in [-0.05, 0) is 24.5 Å². The molecule has 2 N–H and O–H groups in total. The first-order valence-corrected chi connectivity index (χ1v) is 5.10. The lowest BCUT2D eigenvalue weighted by Gasteiger charge is -2.19. The molecule has 1 fully saturated rings. The van der Waals surface area contributed by atoms with Crippen LogP contribution in [-0.2, 0) is 4.74 Å². The van der Waals surface area contributed by atoms with Crippen molar-refractivity contribution in [1.82, 2.24) is 4.98 Å². The third-order valence-corrected chi connectivity index (χ3v) is 2.86. The van der Waals surface area contributed by atoms with Crippen LogP contribution in [0.1, 0.15) is 18.0 Å². The second-order valence-corrected chi connectivity index (χ2v) is 3.72. The average molecular weight is 192 g/mol. The van der Waals surface area contributed by atoms with Crippen molar-refractivity contribution in [1.29, 1.82) is 0 Å². The zero-order chi connectivity index (χ0) is 9.80. The molecule has 0 aliphatic carbocycles. The molecule has 0 saturated carbocycles. The molecule has 2 heterocycles. The van der Waals surface area contributed by atoms with E-state index in [9.17, 15) is 0 Å². The normalized spacial score (nSPS) is 23.6. The molecule has 2 unspecified atom stereocenters. The Morgan fingerprint density at radius 1 is 1.57 bits per heavy atom. The van der Waals surface area contributed by atoms with Crippen molar-refractivity contribution >= 4 is 0 Å². The fraction of sp³-hybridized carbons (Fsp3) is 0.545. The lowest BCUT2D eigenvalue weighted by molar-refractivity contribution is 0.180. The number of aromatic nitrogens is 1. The number of rotatable bonds is 3. The minimum atomic E-state index is 0.360. The molecule has 0 bridgehead atoms. The Kier molecular flexibility index (Phi) is 3.11. The van der Waals surface area contributed by atoms with Gasteiger partial charge in [0.05, 0.1) is 6.61 Å². The molecule has 76 valence electrons. The molecule has 0 aromatic carbocycles. The summed E-state index contributed by atoms with van der Waals surface area (Å²) in [5, 5.41) is 0. The van der Waals surface area contributed by atoms with E-state index < -0.39 is 0 Å². The molecule has 0 spiro atoms. The fourth-order valence-corrected chi connectivity index (χ4v) is 2.02. The summed E-state index contributed by atoms with van der Waals surface area (Å²) in [4.78, 5) is 4.36. The predicted molar refractivity (Wildman–Crippen MR) is 55.0 cm³/mol. The van der Waals surface area contributed by atoms with Crippen molar-refractivity contribution in [2.24, 2.45) is 11.7 Å². The third kappa shape index (κ3) is 1.94. The summed E-state index contributed by atoms with van der Waals surface area (Å²) in [6, 6.07) is 6.00. The first kappa shape index (κ1) is 9.62. The molecule has 1 aliphatic heterocycles. The number of hydrogen-bond acceptors (Lipinski definition) is 3. The highest BCUT2D eigenvalue weighted by Crippen LogP contribution is 2.28. The van der Waals surface area contributed by atoms with Gasteiger partial charge in [0.2, 0.25) is 0 Å². The van der Waals surface area contributed by atoms with Crippen LogP contribution in [0.25, 0.3) is 0 Å². The predicted octanol–water partition coefficient (Wildman–Crippen LogP) is 1.16. The summed E-state index contributed by atoms with van der Waals surface area (Å²) < 4.78 is 5.38. The van der Waals surface area contributed by atoms with Crippen molar-refractivity contribution < 1.29 is 4.74 Å². The molecule has 0 radical (unpaired) electrons. The Morgan fingerprint density at radius 2 is 2.50 bits per heavy atom. The van der Waals surface area contributed by atoms with Gasteiger partial charge >= 0.3 is 0 Å². The monoisotopic (exact) mass is 192 g/mol. The van der Waals surface area contributed by atoms with E-state index >= 15 is 0 Å². The lowest BCUT2D eigenvalue weighted by atomic mass is 9.88. The molecule has 1 aromatic rings. The van der Waals surface area contributed by atoms with Crippen LogP contribution >= 0.6 is 0 Å². The third-order valence-electron chi connectivity index (χ3n) is 2.86. The van der Waals surface area contributed by atoms with Crippen LogP contribution in [-0.4, -0.2) is 24.7 Å². The van der Waals surface area contributed by atoms with E-state index in [2.05, 4.69) is 11.1 Å². The average Bonchev–Trinajstić information content (AvgIpc) is 2.74. The van der Waals surface area contributed by atoms with Gasteiger partial charge < -0.3 is 10.5 Å². The first-order valence-electron chi connectivity index (χ1n) is 5.10. The minimum absolute atomic E-state index is 0.360. The van der Waals surface area contributed by atoms with Crippen LogP contribution in [0, 0.1) is 5.92 Å². The Balaban J connectivity index is 2.12. The van der Waals surface area contributed by atoms with Crippen molar-refractivity contribution in [3.8, 4) is 0 Å². The van der Waals surface area contributed by atoms with Crippen LogP contribution in [0.15, 0.2) is 24.4 Å². The van der Waals surface area contributed by atoms with Gasteiger partial charge in [0, 0.05) is 31.0 Å². The fourth-order valence-electron chi connectivity index (χ4n) is 2.02. The second-order valence-electron chi connectivity index (χ2n) is 3.72. The number of nitrogens with zero attached hydrogens (tertiary/aromatic N) is 1. The molecule has 2 atom stereocenters. The molecular formula is C11H16N2O. The van der Waals surface area contributed by atoms with Crippen molar-refractivity contribution in [2.45, 2.75) is 12.3 Å². The van der Waals surface area contributed by atoms with E-state index in [1.807, 2.05) is 18.3 Å². The van der Waals surface area contributed by atoms with Gasteiger partial charge in [-0.25, -0.2) is 0 Å². The minimum Gasteiger partial charge on any atom is -0.381 e. The summed E-state index contributed by atoms with van der Waals surface area (Å²) in [6.45, 7) is 2.36. The molecule has 3 heteroatoms. The van der Waals surface area contributed by atoms with Gasteiger partial charge in [-0.2, -0.15) is 0 Å². The van der Waals surface area contributed by atoms with E-state index in [1.165, 1.54) is 0 Å². The van der Waals surface area contributed by atoms with Gasteiger partial charge in [0.15, 0.2) is 0 Å². The van der Waals surface area contributed by atoms with E-state index in [4.69, 9.17) is 10.5 Å². The van der Waals surface area contributed by atoms with E-state index in [1.54, 1.807) is 0 Å². The van der Waals surface area contributed by atoms with Crippen LogP contribution in [0.2, 0.25) is 0 Å². The quantitative estimate of drug-likeness (QED) is 0.781. The Morgan fingerprint density at radius 3 is 3.07 bits per heavy atom. The number of pyridine rings is 1. The molecule has 14 heavy (non-hydrogen) atoms. The van der Waals surface area contributed by atoms with Crippen molar-refractivity contribution in [3.05, 3.63) is 30.1 Å². The number of ether oxygens (including phenoxy) is 1. The number of hydrogen-bond donors (Lipinski definition) is 1. The van der Waals surface area contributed by atoms with Gasteiger partial charge in [-0.15, -0.1) is 0 Å². The first-order chi connectivity index (χ1) is 6.92. The Hall–Kier alpha value is -0.930. The maximum absolute atomic E-state index is 5.79. The van der Waals surface area contributed by atoms with E-state index in [0.717, 1.165) is 25.3 Å². The van der Waals surface area contributed by atoms with Crippen LogP contribution in [0.3, 0.4) is 0 Å². The van der Waals surface area contributed by atoms with E-state index in [0.29, 0.717) is 18.4 Å². The molecule has 2 rings (SSSR count). The van der Waals surface area contributed by atoms with Gasteiger partial charge in [-0.3, -0.25) is 4.98 Å². The smallest absolute Gasteiger partial charge is 0.0502 e. The zero-order valence-corrected chi connectivity index (χ0v) is 8.23. The number of nitrogens with two attached hydrogens (primary N) is 1. The largest absolute Gasteiger partial charge is 0.381 e. The maximum atomic E-state index is 5.79. The highest BCUT2D eigenvalue weighted by atomic mass is 16.5. The summed E-state index contributed by atoms with van der Waals surface area (Å²) in [6.07, 6.45) is 2.94. The Labute approximate surface area is 84.3 Å². The molecule has 1 aromatic heterocycles. The van der Waals surface area contributed by atoms with Crippen molar-refractivity contribution in [2.75, 3.05) is 19.8 Å². The lowest BCUT2D eigenvalue weighted by Crippen LogP contribution is -2.22. The highest BCUT2D eigenvalue weighted by molar-refractivity contribution is 5.11. The van der Waals surface area contributed by atoms with Crippen LogP contribution in [0.4, 0.5) is 0 Å². The SMILES string of the molecule is NCC(c1ccccn1)C1CCOC1. The molecule has 0 amide bonds. The summed E-state index contributed by atoms with van der Waals surface area (Å²) in [5.41, 5.74) is 6.89. The van der Waals surface area contributed by atoms with Gasteiger partial charge in [-0.1, -0.05) is 6.07 Å². The van der Waals surface area contributed by atoms with Crippen LogP contribution in [0.5, 0.6) is 0 Å². The van der Waals surface area contributed by atoms with E-state index in [-0.39, 0.29) is 0 Å². The van der Waals surface area contributed by atoms with Gasteiger partial charge in [0.1, 0.15) is 0 Å².